The molecule has 1 aliphatic carbocycles. The summed E-state index contributed by atoms with van der Waals surface area (Å²) in [5.41, 5.74) is 0.554. The van der Waals surface area contributed by atoms with Gasteiger partial charge < -0.3 is 19.7 Å². The van der Waals surface area contributed by atoms with E-state index in [0.717, 1.165) is 25.7 Å². The van der Waals surface area contributed by atoms with Gasteiger partial charge in [-0.05, 0) is 31.7 Å². The molecule has 23 heavy (non-hydrogen) atoms. The van der Waals surface area contributed by atoms with E-state index < -0.39 is 6.10 Å². The van der Waals surface area contributed by atoms with E-state index in [4.69, 9.17) is 4.42 Å². The van der Waals surface area contributed by atoms with Crippen LogP contribution < -0.4 is 5.32 Å². The fourth-order valence-electron chi connectivity index (χ4n) is 3.49. The Labute approximate surface area is 135 Å². The second-order valence-electron chi connectivity index (χ2n) is 6.55. The van der Waals surface area contributed by atoms with Crippen molar-refractivity contribution in [3.05, 3.63) is 24.2 Å². The number of carbonyl (C=O) groups excluding carboxylic acids is 2. The standard InChI is InChI=1S/C17H24N2O4/c20-15-4-2-1-3-14(15)18-16(21)12-5-8-19(9-6-12)17(22)13-7-10-23-11-13/h7,10-12,14-15,20H,1-6,8-9H2,(H,18,21). The fourth-order valence-corrected chi connectivity index (χ4v) is 3.49. The Hall–Kier alpha value is -1.82. The van der Waals surface area contributed by atoms with Crippen molar-refractivity contribution in [2.45, 2.75) is 50.7 Å². The Morgan fingerprint density at radius 3 is 2.57 bits per heavy atom. The molecule has 126 valence electrons. The number of carbonyl (C=O) groups is 2. The molecule has 6 nitrogen and oxygen atoms in total. The molecule has 6 heteroatoms. The minimum atomic E-state index is -0.421. The molecular weight excluding hydrogens is 296 g/mol. The zero-order valence-corrected chi connectivity index (χ0v) is 13.2. The molecule has 2 fully saturated rings. The van der Waals surface area contributed by atoms with Crippen LogP contribution in [-0.2, 0) is 4.79 Å². The quantitative estimate of drug-likeness (QED) is 0.885. The van der Waals surface area contributed by atoms with Crippen LogP contribution in [0.2, 0.25) is 0 Å². The number of furan rings is 1. The molecule has 2 heterocycles. The van der Waals surface area contributed by atoms with Crippen molar-refractivity contribution >= 4 is 11.8 Å². The summed E-state index contributed by atoms with van der Waals surface area (Å²) in [6.07, 6.45) is 7.55. The lowest BCUT2D eigenvalue weighted by Gasteiger charge is -2.33. The van der Waals surface area contributed by atoms with Crippen LogP contribution in [0.3, 0.4) is 0 Å². The van der Waals surface area contributed by atoms with Crippen LogP contribution in [0.15, 0.2) is 23.0 Å². The monoisotopic (exact) mass is 320 g/mol. The van der Waals surface area contributed by atoms with Crippen LogP contribution >= 0.6 is 0 Å². The Morgan fingerprint density at radius 1 is 1.17 bits per heavy atom. The predicted octanol–water partition coefficient (Wildman–Crippen LogP) is 1.55. The number of amides is 2. The summed E-state index contributed by atoms with van der Waals surface area (Å²) < 4.78 is 4.95. The molecule has 0 radical (unpaired) electrons. The van der Waals surface area contributed by atoms with Crippen molar-refractivity contribution < 1.29 is 19.1 Å². The predicted molar refractivity (Wildman–Crippen MR) is 83.7 cm³/mol. The van der Waals surface area contributed by atoms with E-state index in [1.54, 1.807) is 11.0 Å². The Kier molecular flexibility index (Phi) is 5.00. The molecule has 2 amide bonds. The van der Waals surface area contributed by atoms with Gasteiger partial charge in [0.1, 0.15) is 6.26 Å². The second-order valence-corrected chi connectivity index (χ2v) is 6.55. The van der Waals surface area contributed by atoms with E-state index in [9.17, 15) is 14.7 Å². The average Bonchev–Trinajstić information content (AvgIpc) is 3.11. The lowest BCUT2D eigenvalue weighted by atomic mass is 9.90. The molecule has 1 aromatic rings. The van der Waals surface area contributed by atoms with Gasteiger partial charge in [0.15, 0.2) is 0 Å². The van der Waals surface area contributed by atoms with Gasteiger partial charge in [-0.25, -0.2) is 0 Å². The van der Waals surface area contributed by atoms with Gasteiger partial charge in [0, 0.05) is 19.0 Å². The molecule has 3 rings (SSSR count). The summed E-state index contributed by atoms with van der Waals surface area (Å²) in [6, 6.07) is 1.55. The number of aliphatic hydroxyl groups excluding tert-OH is 1. The summed E-state index contributed by atoms with van der Waals surface area (Å²) in [6.45, 7) is 1.16. The topological polar surface area (TPSA) is 82.8 Å². The minimum Gasteiger partial charge on any atom is -0.472 e. The maximum absolute atomic E-state index is 12.4. The third-order valence-electron chi connectivity index (χ3n) is 4.98. The van der Waals surface area contributed by atoms with Crippen LogP contribution in [0.5, 0.6) is 0 Å². The molecule has 2 aliphatic rings. The lowest BCUT2D eigenvalue weighted by molar-refractivity contribution is -0.128. The molecule has 1 saturated heterocycles. The molecule has 0 aromatic carbocycles. The summed E-state index contributed by atoms with van der Waals surface area (Å²) in [4.78, 5) is 26.4. The van der Waals surface area contributed by atoms with Crippen molar-refractivity contribution in [3.8, 4) is 0 Å². The summed E-state index contributed by atoms with van der Waals surface area (Å²) in [5.74, 6) is -0.0933. The number of hydrogen-bond donors (Lipinski definition) is 2. The first-order chi connectivity index (χ1) is 11.1. The highest BCUT2D eigenvalue weighted by molar-refractivity contribution is 5.94. The molecule has 2 N–H and O–H groups in total. The molecule has 0 spiro atoms. The Balaban J connectivity index is 1.48. The summed E-state index contributed by atoms with van der Waals surface area (Å²) in [7, 11) is 0. The van der Waals surface area contributed by atoms with Crippen molar-refractivity contribution in [1.29, 1.82) is 0 Å². The molecular formula is C17H24N2O4. The molecule has 2 unspecified atom stereocenters. The largest absolute Gasteiger partial charge is 0.472 e. The van der Waals surface area contributed by atoms with Gasteiger partial charge in [-0.15, -0.1) is 0 Å². The molecule has 0 bridgehead atoms. The fraction of sp³-hybridized carbons (Fsp3) is 0.647. The summed E-state index contributed by atoms with van der Waals surface area (Å²) >= 11 is 0. The van der Waals surface area contributed by atoms with E-state index in [-0.39, 0.29) is 23.8 Å². The van der Waals surface area contributed by atoms with E-state index in [0.29, 0.717) is 31.5 Å². The number of hydrogen-bond acceptors (Lipinski definition) is 4. The maximum Gasteiger partial charge on any atom is 0.257 e. The van der Waals surface area contributed by atoms with Crippen molar-refractivity contribution in [2.75, 3.05) is 13.1 Å². The average molecular weight is 320 g/mol. The highest BCUT2D eigenvalue weighted by Gasteiger charge is 2.31. The van der Waals surface area contributed by atoms with Crippen LogP contribution in [0.4, 0.5) is 0 Å². The first-order valence-electron chi connectivity index (χ1n) is 8.45. The number of nitrogens with zero attached hydrogens (tertiary/aromatic N) is 1. The zero-order chi connectivity index (χ0) is 16.2. The number of rotatable bonds is 3. The van der Waals surface area contributed by atoms with Crippen LogP contribution in [0, 0.1) is 5.92 Å². The first kappa shape index (κ1) is 16.1. The summed E-state index contributed by atoms with van der Waals surface area (Å²) in [5, 5.41) is 13.0. The third kappa shape index (κ3) is 3.75. The van der Waals surface area contributed by atoms with Gasteiger partial charge in [0.2, 0.25) is 5.91 Å². The molecule has 1 aliphatic heterocycles. The maximum atomic E-state index is 12.4. The molecule has 1 aromatic heterocycles. The zero-order valence-electron chi connectivity index (χ0n) is 13.2. The smallest absolute Gasteiger partial charge is 0.257 e. The second kappa shape index (κ2) is 7.17. The van der Waals surface area contributed by atoms with Gasteiger partial charge in [-0.1, -0.05) is 12.8 Å². The number of likely N-dealkylation sites (tertiary alicyclic amines) is 1. The number of aliphatic hydroxyl groups is 1. The Morgan fingerprint density at radius 2 is 1.91 bits per heavy atom. The van der Waals surface area contributed by atoms with Gasteiger partial charge >= 0.3 is 0 Å². The van der Waals surface area contributed by atoms with Crippen molar-refractivity contribution in [2.24, 2.45) is 5.92 Å². The van der Waals surface area contributed by atoms with E-state index >= 15 is 0 Å². The normalized spacial score (nSPS) is 26.0. The van der Waals surface area contributed by atoms with Crippen molar-refractivity contribution in [3.63, 3.8) is 0 Å². The van der Waals surface area contributed by atoms with Gasteiger partial charge in [-0.2, -0.15) is 0 Å². The SMILES string of the molecule is O=C(NC1CCCCC1O)C1CCN(C(=O)c2ccoc2)CC1. The van der Waals surface area contributed by atoms with Gasteiger partial charge in [0.05, 0.1) is 24.0 Å². The minimum absolute atomic E-state index is 0.0198. The van der Waals surface area contributed by atoms with Crippen LogP contribution in [0.1, 0.15) is 48.9 Å². The van der Waals surface area contributed by atoms with E-state index in [2.05, 4.69) is 5.32 Å². The van der Waals surface area contributed by atoms with Gasteiger partial charge in [-0.3, -0.25) is 9.59 Å². The van der Waals surface area contributed by atoms with Gasteiger partial charge in [0.25, 0.3) is 5.91 Å². The highest BCUT2D eigenvalue weighted by atomic mass is 16.3. The number of piperidine rings is 1. The Bertz CT molecular complexity index is 535. The van der Waals surface area contributed by atoms with Crippen LogP contribution in [0.25, 0.3) is 0 Å². The van der Waals surface area contributed by atoms with E-state index in [1.807, 2.05) is 0 Å². The van der Waals surface area contributed by atoms with Crippen LogP contribution in [-0.4, -0.2) is 47.1 Å². The lowest BCUT2D eigenvalue weighted by Crippen LogP contribution is -2.49. The first-order valence-corrected chi connectivity index (χ1v) is 8.45. The van der Waals surface area contributed by atoms with E-state index in [1.165, 1.54) is 12.5 Å². The highest BCUT2D eigenvalue weighted by Crippen LogP contribution is 2.22. The third-order valence-corrected chi connectivity index (χ3v) is 4.98. The molecule has 1 saturated carbocycles. The molecule has 2 atom stereocenters. The van der Waals surface area contributed by atoms with Crippen molar-refractivity contribution in [1.82, 2.24) is 10.2 Å². The number of nitrogens with one attached hydrogen (secondary N) is 1.